The summed E-state index contributed by atoms with van der Waals surface area (Å²) in [5.41, 5.74) is 1.52. The van der Waals surface area contributed by atoms with Crippen molar-refractivity contribution in [3.8, 4) is 5.75 Å². The Morgan fingerprint density at radius 1 is 1.23 bits per heavy atom. The maximum Gasteiger partial charge on any atom is 0.344 e. The van der Waals surface area contributed by atoms with Crippen molar-refractivity contribution < 1.29 is 27.5 Å². The van der Waals surface area contributed by atoms with Crippen molar-refractivity contribution in [2.45, 2.75) is 12.5 Å². The smallest absolute Gasteiger partial charge is 0.344 e. The first-order valence-electron chi connectivity index (χ1n) is 9.33. The number of sulfonamides is 1. The number of hydrazine groups is 1. The summed E-state index contributed by atoms with van der Waals surface area (Å²) in [7, 11) is -1.77. The third-order valence-electron chi connectivity index (χ3n) is 5.24. The van der Waals surface area contributed by atoms with Crippen LogP contribution in [0.15, 0.2) is 24.3 Å². The standard InChI is InChI=1S/C18H25N5O6S/c1-18(13-5-4-6-14(11-13)29-2)16(25)23(17(26)19-18)20-15(24)12-21-7-9-22(10-8-21)30(3,27)28/h4-6,11H,7-10,12H2,1-3H3,(H,19,26)(H,20,24). The normalized spacial score (nSPS) is 23.4. The SMILES string of the molecule is COc1cccc(C2(C)NC(=O)N(NC(=O)CN3CCN(S(C)(=O)=O)CC3)C2=O)c1. The molecule has 1 atom stereocenters. The maximum atomic E-state index is 12.9. The van der Waals surface area contributed by atoms with Crippen LogP contribution >= 0.6 is 0 Å². The summed E-state index contributed by atoms with van der Waals surface area (Å²) in [6.07, 6.45) is 1.15. The van der Waals surface area contributed by atoms with E-state index in [1.165, 1.54) is 11.4 Å². The van der Waals surface area contributed by atoms with Crippen LogP contribution < -0.4 is 15.5 Å². The monoisotopic (exact) mass is 439 g/mol. The van der Waals surface area contributed by atoms with Gasteiger partial charge in [0.05, 0.1) is 19.9 Å². The number of benzene rings is 1. The summed E-state index contributed by atoms with van der Waals surface area (Å²) in [6, 6.07) is 6.02. The molecule has 1 aromatic carbocycles. The number of urea groups is 1. The topological polar surface area (TPSA) is 128 Å². The Bertz CT molecular complexity index is 960. The molecule has 3 rings (SSSR count). The first-order chi connectivity index (χ1) is 14.0. The highest BCUT2D eigenvalue weighted by atomic mass is 32.2. The van der Waals surface area contributed by atoms with Crippen LogP contribution in [0.4, 0.5) is 4.79 Å². The lowest BCUT2D eigenvalue weighted by molar-refractivity contribution is -0.139. The Kier molecular flexibility index (Phi) is 6.01. The van der Waals surface area contributed by atoms with Gasteiger partial charge in [-0.3, -0.25) is 19.9 Å². The number of carbonyl (C=O) groups is 3. The van der Waals surface area contributed by atoms with E-state index in [1.54, 1.807) is 36.1 Å². The van der Waals surface area contributed by atoms with Crippen molar-refractivity contribution in [2.75, 3.05) is 46.1 Å². The molecule has 1 unspecified atom stereocenters. The molecule has 0 spiro atoms. The van der Waals surface area contributed by atoms with E-state index in [4.69, 9.17) is 4.74 Å². The maximum absolute atomic E-state index is 12.9. The highest BCUT2D eigenvalue weighted by Gasteiger charge is 2.50. The second kappa shape index (κ2) is 8.20. The van der Waals surface area contributed by atoms with Crippen LogP contribution in [-0.2, 0) is 25.2 Å². The second-order valence-corrected chi connectivity index (χ2v) is 9.38. The first kappa shape index (κ1) is 22.0. The van der Waals surface area contributed by atoms with E-state index in [1.807, 2.05) is 0 Å². The van der Waals surface area contributed by atoms with E-state index in [2.05, 4.69) is 10.7 Å². The molecule has 164 valence electrons. The van der Waals surface area contributed by atoms with E-state index in [9.17, 15) is 22.8 Å². The van der Waals surface area contributed by atoms with E-state index < -0.39 is 33.4 Å². The molecule has 12 heteroatoms. The zero-order valence-corrected chi connectivity index (χ0v) is 17.9. The van der Waals surface area contributed by atoms with Gasteiger partial charge in [0.1, 0.15) is 11.3 Å². The fourth-order valence-electron chi connectivity index (χ4n) is 3.45. The molecule has 2 aliphatic heterocycles. The van der Waals surface area contributed by atoms with Gasteiger partial charge < -0.3 is 10.1 Å². The lowest BCUT2D eigenvalue weighted by Gasteiger charge is -2.32. The number of hydrogen-bond acceptors (Lipinski definition) is 7. The van der Waals surface area contributed by atoms with Gasteiger partial charge in [-0.25, -0.2) is 13.2 Å². The third-order valence-corrected chi connectivity index (χ3v) is 6.55. The molecule has 1 aromatic rings. The number of methoxy groups -OCH3 is 1. The Balaban J connectivity index is 1.62. The van der Waals surface area contributed by atoms with Crippen LogP contribution in [0.3, 0.4) is 0 Å². The molecule has 0 aliphatic carbocycles. The molecule has 0 radical (unpaired) electrons. The molecule has 4 amide bonds. The van der Waals surface area contributed by atoms with Crippen molar-refractivity contribution in [3.05, 3.63) is 29.8 Å². The zero-order valence-electron chi connectivity index (χ0n) is 17.0. The highest BCUT2D eigenvalue weighted by Crippen LogP contribution is 2.30. The van der Waals surface area contributed by atoms with Gasteiger partial charge in [-0.1, -0.05) is 12.1 Å². The van der Waals surface area contributed by atoms with Crippen molar-refractivity contribution in [1.29, 1.82) is 0 Å². The number of rotatable bonds is 6. The number of ether oxygens (including phenoxy) is 1. The minimum absolute atomic E-state index is 0.0649. The van der Waals surface area contributed by atoms with Crippen LogP contribution in [-0.4, -0.2) is 86.6 Å². The minimum Gasteiger partial charge on any atom is -0.497 e. The van der Waals surface area contributed by atoms with Gasteiger partial charge in [-0.05, 0) is 24.6 Å². The molecule has 0 bridgehead atoms. The molecule has 2 N–H and O–H groups in total. The number of hydrogen-bond donors (Lipinski definition) is 2. The van der Waals surface area contributed by atoms with Gasteiger partial charge in [-0.15, -0.1) is 0 Å². The van der Waals surface area contributed by atoms with Gasteiger partial charge in [0, 0.05) is 26.2 Å². The second-order valence-electron chi connectivity index (χ2n) is 7.40. The van der Waals surface area contributed by atoms with Crippen LogP contribution in [0.2, 0.25) is 0 Å². The van der Waals surface area contributed by atoms with Gasteiger partial charge >= 0.3 is 6.03 Å². The lowest BCUT2D eigenvalue weighted by atomic mass is 9.92. The van der Waals surface area contributed by atoms with Gasteiger partial charge in [0.15, 0.2) is 0 Å². The zero-order chi connectivity index (χ0) is 22.1. The predicted octanol–water partition coefficient (Wildman–Crippen LogP) is -0.929. The Hall–Kier alpha value is -2.70. The van der Waals surface area contributed by atoms with Crippen molar-refractivity contribution in [3.63, 3.8) is 0 Å². The van der Waals surface area contributed by atoms with E-state index >= 15 is 0 Å². The largest absolute Gasteiger partial charge is 0.497 e. The average Bonchev–Trinajstić information content (AvgIpc) is 2.92. The van der Waals surface area contributed by atoms with Crippen molar-refractivity contribution in [2.24, 2.45) is 0 Å². The molecular weight excluding hydrogens is 414 g/mol. The van der Waals surface area contributed by atoms with Crippen LogP contribution in [0.25, 0.3) is 0 Å². The molecule has 30 heavy (non-hydrogen) atoms. The highest BCUT2D eigenvalue weighted by molar-refractivity contribution is 7.88. The molecule has 0 aromatic heterocycles. The van der Waals surface area contributed by atoms with Gasteiger partial charge in [0.2, 0.25) is 10.0 Å². The molecule has 0 saturated carbocycles. The summed E-state index contributed by atoms with van der Waals surface area (Å²) >= 11 is 0. The molecule has 2 heterocycles. The summed E-state index contributed by atoms with van der Waals surface area (Å²) in [5.74, 6) is -0.622. The third kappa shape index (κ3) is 4.40. The fourth-order valence-corrected chi connectivity index (χ4v) is 4.28. The fraction of sp³-hybridized carbons (Fsp3) is 0.500. The number of imide groups is 1. The minimum atomic E-state index is -3.26. The lowest BCUT2D eigenvalue weighted by Crippen LogP contribution is -2.54. The first-order valence-corrected chi connectivity index (χ1v) is 11.2. The molecule has 2 fully saturated rings. The number of carbonyl (C=O) groups excluding carboxylic acids is 3. The number of nitrogens with zero attached hydrogens (tertiary/aromatic N) is 3. The molecule has 2 aliphatic rings. The van der Waals surface area contributed by atoms with E-state index in [0.717, 1.165) is 6.26 Å². The van der Waals surface area contributed by atoms with Gasteiger partial charge in [-0.2, -0.15) is 9.31 Å². The molecule has 11 nitrogen and oxygen atoms in total. The summed E-state index contributed by atoms with van der Waals surface area (Å²) in [6.45, 7) is 2.81. The number of amides is 4. The summed E-state index contributed by atoms with van der Waals surface area (Å²) < 4.78 is 29.7. The Morgan fingerprint density at radius 3 is 2.50 bits per heavy atom. The molecular formula is C18H25N5O6S. The van der Waals surface area contributed by atoms with E-state index in [-0.39, 0.29) is 19.6 Å². The Labute approximate surface area is 175 Å². The quantitative estimate of drug-likeness (QED) is 0.548. The average molecular weight is 439 g/mol. The van der Waals surface area contributed by atoms with E-state index in [0.29, 0.717) is 29.4 Å². The van der Waals surface area contributed by atoms with Crippen LogP contribution in [0.1, 0.15) is 12.5 Å². The summed E-state index contributed by atoms with van der Waals surface area (Å²) in [4.78, 5) is 39.5. The van der Waals surface area contributed by atoms with Crippen LogP contribution in [0, 0.1) is 0 Å². The van der Waals surface area contributed by atoms with Crippen LogP contribution in [0.5, 0.6) is 5.75 Å². The summed E-state index contributed by atoms with van der Waals surface area (Å²) in [5, 5.41) is 3.28. The van der Waals surface area contributed by atoms with Crippen molar-refractivity contribution in [1.82, 2.24) is 25.0 Å². The number of piperazine rings is 1. The van der Waals surface area contributed by atoms with Gasteiger partial charge in [0.25, 0.3) is 11.8 Å². The predicted molar refractivity (Wildman–Crippen MR) is 107 cm³/mol. The van der Waals surface area contributed by atoms with Crippen molar-refractivity contribution >= 4 is 27.9 Å². The molecule has 2 saturated heterocycles. The Morgan fingerprint density at radius 2 is 1.90 bits per heavy atom. The number of nitrogens with one attached hydrogen (secondary N) is 2.